The lowest BCUT2D eigenvalue weighted by Crippen LogP contribution is -2.54. The van der Waals surface area contributed by atoms with Gasteiger partial charge >= 0.3 is 0 Å². The van der Waals surface area contributed by atoms with E-state index in [1.807, 2.05) is 11.0 Å². The van der Waals surface area contributed by atoms with E-state index in [4.69, 9.17) is 4.74 Å². The van der Waals surface area contributed by atoms with Crippen LogP contribution in [0, 0.1) is 5.41 Å². The summed E-state index contributed by atoms with van der Waals surface area (Å²) in [7, 11) is 0. The van der Waals surface area contributed by atoms with Crippen molar-refractivity contribution in [2.75, 3.05) is 13.1 Å². The molecular formula is C17H21NO2. The lowest BCUT2D eigenvalue weighted by atomic mass is 9.96. The van der Waals surface area contributed by atoms with Crippen LogP contribution >= 0.6 is 0 Å². The molecule has 1 aromatic carbocycles. The quantitative estimate of drug-likeness (QED) is 0.845. The third-order valence-electron chi connectivity index (χ3n) is 5.01. The molecule has 3 nitrogen and oxygen atoms in total. The van der Waals surface area contributed by atoms with Gasteiger partial charge in [0.15, 0.2) is 0 Å². The molecule has 0 bridgehead atoms. The highest BCUT2D eigenvalue weighted by Crippen LogP contribution is 2.53. The van der Waals surface area contributed by atoms with Crippen LogP contribution in [0.25, 0.3) is 0 Å². The molecule has 0 aromatic heterocycles. The molecule has 1 aromatic rings. The number of rotatable bonds is 3. The fraction of sp³-hybridized carbons (Fsp3) is 0.588. The van der Waals surface area contributed by atoms with E-state index in [1.54, 1.807) is 0 Å². The number of carbonyl (C=O) groups excluding carboxylic acids is 1. The number of nitrogens with zero attached hydrogens (tertiary/aromatic N) is 1. The lowest BCUT2D eigenvalue weighted by molar-refractivity contribution is -0.150. The van der Waals surface area contributed by atoms with E-state index < -0.39 is 0 Å². The van der Waals surface area contributed by atoms with E-state index >= 15 is 0 Å². The molecule has 2 heterocycles. The van der Waals surface area contributed by atoms with Crippen molar-refractivity contribution in [3.05, 3.63) is 35.9 Å². The van der Waals surface area contributed by atoms with Crippen molar-refractivity contribution in [3.63, 3.8) is 0 Å². The van der Waals surface area contributed by atoms with Gasteiger partial charge in [0.2, 0.25) is 0 Å². The van der Waals surface area contributed by atoms with Gasteiger partial charge < -0.3 is 9.64 Å². The maximum Gasteiger partial charge on any atom is 0.251 e. The van der Waals surface area contributed by atoms with E-state index in [1.165, 1.54) is 18.4 Å². The Bertz CT molecular complexity index is 501. The molecule has 3 aliphatic rings. The Hall–Kier alpha value is -1.35. The van der Waals surface area contributed by atoms with Crippen LogP contribution in [-0.2, 0) is 16.0 Å². The Morgan fingerprint density at radius 3 is 2.65 bits per heavy atom. The second-order valence-corrected chi connectivity index (χ2v) is 6.71. The van der Waals surface area contributed by atoms with Crippen LogP contribution in [0.4, 0.5) is 0 Å². The van der Waals surface area contributed by atoms with Gasteiger partial charge in [-0.05, 0) is 37.7 Å². The Kier molecular flexibility index (Phi) is 2.84. The number of carbonyl (C=O) groups is 1. The van der Waals surface area contributed by atoms with Crippen molar-refractivity contribution < 1.29 is 9.53 Å². The van der Waals surface area contributed by atoms with Gasteiger partial charge in [0.1, 0.15) is 6.10 Å². The molecule has 0 N–H and O–H groups in total. The van der Waals surface area contributed by atoms with Gasteiger partial charge in [-0.3, -0.25) is 4.79 Å². The van der Waals surface area contributed by atoms with Crippen molar-refractivity contribution in [2.24, 2.45) is 5.41 Å². The molecule has 1 aliphatic carbocycles. The summed E-state index contributed by atoms with van der Waals surface area (Å²) in [6, 6.07) is 10.4. The van der Waals surface area contributed by atoms with Gasteiger partial charge in [-0.15, -0.1) is 0 Å². The van der Waals surface area contributed by atoms with Crippen LogP contribution < -0.4 is 0 Å². The average Bonchev–Trinajstić information content (AvgIpc) is 3.11. The minimum Gasteiger partial charge on any atom is -0.365 e. The normalized spacial score (nSPS) is 30.3. The fourth-order valence-corrected chi connectivity index (χ4v) is 3.53. The second-order valence-electron chi connectivity index (χ2n) is 6.71. The third-order valence-corrected chi connectivity index (χ3v) is 5.01. The van der Waals surface area contributed by atoms with Gasteiger partial charge in [0.25, 0.3) is 5.91 Å². The number of ether oxygens (including phenoxy) is 1. The van der Waals surface area contributed by atoms with Gasteiger partial charge in [-0.25, -0.2) is 0 Å². The highest BCUT2D eigenvalue weighted by atomic mass is 16.5. The SMILES string of the molecule is O=C([C@@H]1CC[C@H](Cc2ccccc2)O1)N1CC2(CC2)C1. The molecule has 4 rings (SSSR count). The molecule has 2 atom stereocenters. The lowest BCUT2D eigenvalue weighted by Gasteiger charge is -2.41. The molecule has 106 valence electrons. The molecule has 2 saturated heterocycles. The first-order valence-corrected chi connectivity index (χ1v) is 7.72. The van der Waals surface area contributed by atoms with Crippen LogP contribution in [-0.4, -0.2) is 36.1 Å². The summed E-state index contributed by atoms with van der Waals surface area (Å²) >= 11 is 0. The molecule has 2 aliphatic heterocycles. The van der Waals surface area contributed by atoms with Gasteiger partial charge in [0, 0.05) is 18.5 Å². The predicted molar refractivity (Wildman–Crippen MR) is 76.3 cm³/mol. The zero-order valence-corrected chi connectivity index (χ0v) is 11.8. The van der Waals surface area contributed by atoms with Crippen LogP contribution in [0.5, 0.6) is 0 Å². The summed E-state index contributed by atoms with van der Waals surface area (Å²) in [4.78, 5) is 14.3. The first-order chi connectivity index (χ1) is 9.74. The molecular weight excluding hydrogens is 250 g/mol. The second kappa shape index (κ2) is 4.59. The van der Waals surface area contributed by atoms with E-state index in [9.17, 15) is 4.79 Å². The standard InChI is InChI=1S/C17H21NO2/c19-16(18-11-17(12-18)8-9-17)15-7-6-14(20-15)10-13-4-2-1-3-5-13/h1-5,14-15H,6-12H2/t14-,15+/m1/s1. The minimum atomic E-state index is -0.181. The van der Waals surface area contributed by atoms with Crippen molar-refractivity contribution in [2.45, 2.75) is 44.3 Å². The summed E-state index contributed by atoms with van der Waals surface area (Å²) in [5.74, 6) is 0.234. The van der Waals surface area contributed by atoms with Crippen LogP contribution in [0.1, 0.15) is 31.2 Å². The van der Waals surface area contributed by atoms with Crippen molar-refractivity contribution in [1.29, 1.82) is 0 Å². The van der Waals surface area contributed by atoms with Crippen LogP contribution in [0.15, 0.2) is 30.3 Å². The summed E-state index contributed by atoms with van der Waals surface area (Å²) in [6.07, 6.45) is 5.48. The van der Waals surface area contributed by atoms with Crippen LogP contribution in [0.3, 0.4) is 0 Å². The number of hydrogen-bond donors (Lipinski definition) is 0. The molecule has 0 unspecified atom stereocenters. The largest absolute Gasteiger partial charge is 0.365 e. The maximum absolute atomic E-state index is 12.3. The Morgan fingerprint density at radius 1 is 1.20 bits per heavy atom. The highest BCUT2D eigenvalue weighted by Gasteiger charge is 2.54. The predicted octanol–water partition coefficient (Wildman–Crippen LogP) is 2.40. The molecule has 3 fully saturated rings. The van der Waals surface area contributed by atoms with Crippen molar-refractivity contribution in [3.8, 4) is 0 Å². The Balaban J connectivity index is 1.30. The van der Waals surface area contributed by atoms with Gasteiger partial charge in [-0.1, -0.05) is 30.3 Å². The molecule has 1 amide bonds. The number of likely N-dealkylation sites (tertiary alicyclic amines) is 1. The zero-order chi connectivity index (χ0) is 13.6. The molecule has 0 radical (unpaired) electrons. The molecule has 20 heavy (non-hydrogen) atoms. The fourth-order valence-electron chi connectivity index (χ4n) is 3.53. The van der Waals surface area contributed by atoms with Gasteiger partial charge in [0.05, 0.1) is 6.10 Å². The summed E-state index contributed by atoms with van der Waals surface area (Å²) in [6.45, 7) is 1.96. The topological polar surface area (TPSA) is 29.5 Å². The summed E-state index contributed by atoms with van der Waals surface area (Å²) < 4.78 is 5.98. The number of benzene rings is 1. The highest BCUT2D eigenvalue weighted by molar-refractivity contribution is 5.82. The summed E-state index contributed by atoms with van der Waals surface area (Å²) in [5.41, 5.74) is 1.84. The summed E-state index contributed by atoms with van der Waals surface area (Å²) in [5, 5.41) is 0. The van der Waals surface area contributed by atoms with Crippen molar-refractivity contribution in [1.82, 2.24) is 4.90 Å². The monoisotopic (exact) mass is 271 g/mol. The molecule has 3 heteroatoms. The minimum absolute atomic E-state index is 0.181. The van der Waals surface area contributed by atoms with Crippen LogP contribution in [0.2, 0.25) is 0 Å². The molecule has 1 saturated carbocycles. The molecule has 1 spiro atoms. The zero-order valence-electron chi connectivity index (χ0n) is 11.8. The average molecular weight is 271 g/mol. The van der Waals surface area contributed by atoms with E-state index in [0.717, 1.165) is 32.4 Å². The number of hydrogen-bond acceptors (Lipinski definition) is 2. The van der Waals surface area contributed by atoms with E-state index in [2.05, 4.69) is 24.3 Å². The Labute approximate surface area is 119 Å². The van der Waals surface area contributed by atoms with E-state index in [-0.39, 0.29) is 18.1 Å². The smallest absolute Gasteiger partial charge is 0.251 e. The first-order valence-electron chi connectivity index (χ1n) is 7.72. The van der Waals surface area contributed by atoms with Gasteiger partial charge in [-0.2, -0.15) is 0 Å². The maximum atomic E-state index is 12.3. The van der Waals surface area contributed by atoms with Crippen molar-refractivity contribution >= 4 is 5.91 Å². The van der Waals surface area contributed by atoms with E-state index in [0.29, 0.717) is 5.41 Å². The number of amides is 1. The Morgan fingerprint density at radius 2 is 1.95 bits per heavy atom. The third kappa shape index (κ3) is 2.24. The first kappa shape index (κ1) is 12.4.